The van der Waals surface area contributed by atoms with Crippen LogP contribution >= 0.6 is 0 Å². The second kappa shape index (κ2) is 9.50. The Morgan fingerprint density at radius 3 is 2.00 bits per heavy atom. The van der Waals surface area contributed by atoms with Crippen LogP contribution in [0.25, 0.3) is 17.0 Å². The molecule has 0 aliphatic rings. The van der Waals surface area contributed by atoms with Crippen LogP contribution in [0.5, 0.6) is 0 Å². The van der Waals surface area contributed by atoms with Crippen LogP contribution in [0.3, 0.4) is 0 Å². The minimum absolute atomic E-state index is 0.631. The van der Waals surface area contributed by atoms with E-state index in [4.69, 9.17) is 0 Å². The van der Waals surface area contributed by atoms with Crippen molar-refractivity contribution < 1.29 is 13.2 Å². The summed E-state index contributed by atoms with van der Waals surface area (Å²) in [5, 5.41) is 1.20. The summed E-state index contributed by atoms with van der Waals surface area (Å²) in [6.45, 7) is 7.44. The zero-order valence-electron chi connectivity index (χ0n) is 13.7. The van der Waals surface area contributed by atoms with Crippen LogP contribution in [0.2, 0.25) is 0 Å². The first kappa shape index (κ1) is 19.4. The summed E-state index contributed by atoms with van der Waals surface area (Å²) in [5.74, 6) is 0. The molecule has 3 rings (SSSR count). The van der Waals surface area contributed by atoms with E-state index in [1.165, 1.54) is 23.6 Å². The van der Waals surface area contributed by atoms with Gasteiger partial charge in [-0.05, 0) is 29.8 Å². The van der Waals surface area contributed by atoms with Crippen molar-refractivity contribution in [3.8, 4) is 0 Å². The maximum absolute atomic E-state index is 12.0. The Balaban J connectivity index is 0.000000220. The first-order valence-electron chi connectivity index (χ1n) is 7.60. The van der Waals surface area contributed by atoms with E-state index in [0.717, 1.165) is 17.6 Å². The first-order valence-corrected chi connectivity index (χ1v) is 7.60. The van der Waals surface area contributed by atoms with Crippen LogP contribution in [0.1, 0.15) is 25.0 Å². The van der Waals surface area contributed by atoms with Crippen molar-refractivity contribution in [2.75, 3.05) is 0 Å². The number of hydrogen-bond acceptors (Lipinski definition) is 1. The van der Waals surface area contributed by atoms with E-state index < -0.39 is 11.7 Å². The highest BCUT2D eigenvalue weighted by Gasteiger charge is 2.29. The number of pyridine rings is 1. The Morgan fingerprint density at radius 2 is 1.46 bits per heavy atom. The van der Waals surface area contributed by atoms with E-state index in [2.05, 4.69) is 23.7 Å². The lowest BCUT2D eigenvalue weighted by molar-refractivity contribution is -0.137. The Labute approximate surface area is 140 Å². The van der Waals surface area contributed by atoms with Gasteiger partial charge in [0.15, 0.2) is 0 Å². The number of para-hydroxylation sites is 1. The van der Waals surface area contributed by atoms with Crippen LogP contribution in [0.4, 0.5) is 13.2 Å². The summed E-state index contributed by atoms with van der Waals surface area (Å²) in [5.41, 5.74) is 1.11. The second-order valence-corrected chi connectivity index (χ2v) is 4.52. The molecule has 1 aromatic heterocycles. The van der Waals surface area contributed by atoms with E-state index >= 15 is 0 Å². The van der Waals surface area contributed by atoms with Gasteiger partial charge in [-0.15, -0.1) is 0 Å². The topological polar surface area (TPSA) is 12.9 Å². The van der Waals surface area contributed by atoms with E-state index in [0.29, 0.717) is 5.56 Å². The van der Waals surface area contributed by atoms with Crippen LogP contribution < -0.4 is 0 Å². The molecule has 0 saturated heterocycles. The Bertz CT molecular complexity index is 681. The monoisotopic (exact) mass is 331 g/mol. The molecule has 2 aromatic carbocycles. The summed E-state index contributed by atoms with van der Waals surface area (Å²) >= 11 is 0. The molecule has 4 heteroatoms. The summed E-state index contributed by atoms with van der Waals surface area (Å²) in [6, 6.07) is 16.9. The highest BCUT2D eigenvalue weighted by atomic mass is 19.4. The van der Waals surface area contributed by atoms with Crippen LogP contribution in [0, 0.1) is 0 Å². The number of nitrogens with zero attached hydrogens (tertiary/aromatic N) is 1. The molecule has 1 heterocycles. The number of rotatable bonds is 1. The van der Waals surface area contributed by atoms with Crippen LogP contribution in [-0.2, 0) is 6.18 Å². The molecule has 126 valence electrons. The zero-order chi connectivity index (χ0) is 18.0. The van der Waals surface area contributed by atoms with Crippen molar-refractivity contribution in [2.24, 2.45) is 0 Å². The molecule has 0 radical (unpaired) electrons. The molecule has 0 atom stereocenters. The average Bonchev–Trinajstić information content (AvgIpc) is 2.63. The third-order valence-corrected chi connectivity index (χ3v) is 2.99. The highest BCUT2D eigenvalue weighted by molar-refractivity contribution is 5.77. The summed E-state index contributed by atoms with van der Waals surface area (Å²) in [7, 11) is 0. The van der Waals surface area contributed by atoms with Gasteiger partial charge in [0, 0.05) is 11.6 Å². The van der Waals surface area contributed by atoms with Crippen molar-refractivity contribution in [3.63, 3.8) is 0 Å². The van der Waals surface area contributed by atoms with Gasteiger partial charge in [-0.2, -0.15) is 13.2 Å². The van der Waals surface area contributed by atoms with Gasteiger partial charge >= 0.3 is 6.18 Å². The third-order valence-electron chi connectivity index (χ3n) is 2.99. The minimum Gasteiger partial charge on any atom is -0.256 e. The van der Waals surface area contributed by atoms with Gasteiger partial charge in [0.05, 0.1) is 11.1 Å². The SMILES string of the molecule is C=Cc1ccc(C(F)(F)F)cc1.CC.c1ccc2ncccc2c1. The third kappa shape index (κ3) is 5.88. The molecule has 0 unspecified atom stereocenters. The Kier molecular flexibility index (Phi) is 7.69. The fourth-order valence-electron chi connectivity index (χ4n) is 1.82. The summed E-state index contributed by atoms with van der Waals surface area (Å²) in [4.78, 5) is 4.18. The lowest BCUT2D eigenvalue weighted by Gasteiger charge is -2.05. The molecule has 0 aliphatic heterocycles. The lowest BCUT2D eigenvalue weighted by Crippen LogP contribution is -2.03. The molecular weight excluding hydrogens is 311 g/mol. The van der Waals surface area contributed by atoms with Crippen LogP contribution in [0.15, 0.2) is 73.4 Å². The van der Waals surface area contributed by atoms with Crippen molar-refractivity contribution in [1.29, 1.82) is 0 Å². The Hall–Kier alpha value is -2.62. The van der Waals surface area contributed by atoms with Gasteiger partial charge in [-0.1, -0.05) is 62.9 Å². The quantitative estimate of drug-likeness (QED) is 0.489. The molecule has 0 N–H and O–H groups in total. The van der Waals surface area contributed by atoms with E-state index in [1.54, 1.807) is 0 Å². The first-order chi connectivity index (χ1) is 11.5. The highest BCUT2D eigenvalue weighted by Crippen LogP contribution is 2.29. The van der Waals surface area contributed by atoms with Gasteiger partial charge in [0.1, 0.15) is 0 Å². The normalized spacial score (nSPS) is 10.0. The minimum atomic E-state index is -4.25. The van der Waals surface area contributed by atoms with Crippen molar-refractivity contribution in [2.45, 2.75) is 20.0 Å². The molecule has 1 nitrogen and oxygen atoms in total. The van der Waals surface area contributed by atoms with Gasteiger partial charge in [-0.3, -0.25) is 4.98 Å². The predicted molar refractivity (Wildman–Crippen MR) is 94.6 cm³/mol. The number of fused-ring (bicyclic) bond motifs is 1. The van der Waals surface area contributed by atoms with Crippen molar-refractivity contribution in [1.82, 2.24) is 4.98 Å². The number of aromatic nitrogens is 1. The van der Waals surface area contributed by atoms with E-state index in [1.807, 2.05) is 44.3 Å². The second-order valence-electron chi connectivity index (χ2n) is 4.52. The number of alkyl halides is 3. The molecule has 0 aliphatic carbocycles. The average molecular weight is 331 g/mol. The van der Waals surface area contributed by atoms with Gasteiger partial charge in [-0.25, -0.2) is 0 Å². The largest absolute Gasteiger partial charge is 0.416 e. The fourth-order valence-corrected chi connectivity index (χ4v) is 1.82. The number of hydrogen-bond donors (Lipinski definition) is 0. The number of halogens is 3. The van der Waals surface area contributed by atoms with Crippen molar-refractivity contribution >= 4 is 17.0 Å². The standard InChI is InChI=1S/C9H7F3.C9H7N.C2H6/c1-2-7-3-5-8(6-4-7)9(10,11)12;1-2-6-9-8(4-1)5-3-7-10-9;1-2/h2-6H,1H2;1-7H;1-2H3. The smallest absolute Gasteiger partial charge is 0.256 e. The van der Waals surface area contributed by atoms with Gasteiger partial charge < -0.3 is 0 Å². The summed E-state index contributed by atoms with van der Waals surface area (Å²) < 4.78 is 36.0. The molecule has 0 amide bonds. The van der Waals surface area contributed by atoms with E-state index in [-0.39, 0.29) is 0 Å². The molecular formula is C20H20F3N. The molecule has 0 bridgehead atoms. The molecule has 24 heavy (non-hydrogen) atoms. The molecule has 0 fully saturated rings. The van der Waals surface area contributed by atoms with E-state index in [9.17, 15) is 13.2 Å². The molecule has 0 spiro atoms. The predicted octanol–water partition coefficient (Wildman–Crippen LogP) is 6.61. The number of benzene rings is 2. The van der Waals surface area contributed by atoms with Gasteiger partial charge in [0.25, 0.3) is 0 Å². The van der Waals surface area contributed by atoms with Crippen molar-refractivity contribution in [3.05, 3.63) is 84.6 Å². The maximum Gasteiger partial charge on any atom is 0.416 e. The lowest BCUT2D eigenvalue weighted by atomic mass is 10.1. The molecule has 3 aromatic rings. The Morgan fingerprint density at radius 1 is 0.875 bits per heavy atom. The maximum atomic E-state index is 12.0. The zero-order valence-corrected chi connectivity index (χ0v) is 13.7. The van der Waals surface area contributed by atoms with Gasteiger partial charge in [0.2, 0.25) is 0 Å². The van der Waals surface area contributed by atoms with Crippen LogP contribution in [-0.4, -0.2) is 4.98 Å². The summed E-state index contributed by atoms with van der Waals surface area (Å²) in [6.07, 6.45) is -0.942. The molecule has 0 saturated carbocycles. The fraction of sp³-hybridized carbons (Fsp3) is 0.150.